The quantitative estimate of drug-likeness (QED) is 0.151. The fourth-order valence-electron chi connectivity index (χ4n) is 2.81. The maximum atomic E-state index is 5.12. The number of hydrogen-bond donors (Lipinski definition) is 0. The van der Waals surface area contributed by atoms with Crippen molar-refractivity contribution < 1.29 is 0 Å². The van der Waals surface area contributed by atoms with E-state index in [0.717, 1.165) is 42.8 Å². The lowest BCUT2D eigenvalue weighted by Gasteiger charge is -2.04. The highest BCUT2D eigenvalue weighted by Gasteiger charge is 2.09. The molecular formula is C35H40Br2N4Si3. The van der Waals surface area contributed by atoms with Crippen molar-refractivity contribution in [2.24, 2.45) is 0 Å². The fraction of sp³-hybridized carbons (Fsp3) is 0.257. The van der Waals surface area contributed by atoms with Crippen LogP contribution in [0.2, 0.25) is 58.9 Å². The molecule has 0 N–H and O–H groups in total. The van der Waals surface area contributed by atoms with Crippen LogP contribution in [-0.2, 0) is 0 Å². The van der Waals surface area contributed by atoms with Gasteiger partial charge in [0.15, 0.2) is 0 Å². The van der Waals surface area contributed by atoms with Crippen LogP contribution >= 0.6 is 31.9 Å². The van der Waals surface area contributed by atoms with Gasteiger partial charge in [0.2, 0.25) is 0 Å². The summed E-state index contributed by atoms with van der Waals surface area (Å²) in [4.78, 5) is 17.5. The molecule has 0 saturated heterocycles. The summed E-state index contributed by atoms with van der Waals surface area (Å²) in [5.41, 5.74) is 14.8. The Morgan fingerprint density at radius 1 is 0.477 bits per heavy atom. The third-order valence-electron chi connectivity index (χ3n) is 5.10. The maximum absolute atomic E-state index is 5.12. The summed E-state index contributed by atoms with van der Waals surface area (Å²) < 4.78 is 1.94. The number of halogens is 2. The van der Waals surface area contributed by atoms with Gasteiger partial charge in [0.05, 0.1) is 22.8 Å². The topological polar surface area (TPSA) is 51.6 Å². The van der Waals surface area contributed by atoms with E-state index in [1.165, 1.54) is 0 Å². The number of terminal acetylenes is 1. The minimum atomic E-state index is -1.36. The van der Waals surface area contributed by atoms with Gasteiger partial charge in [-0.25, -0.2) is 0 Å². The van der Waals surface area contributed by atoms with Crippen molar-refractivity contribution >= 4 is 56.1 Å². The Kier molecular flexibility index (Phi) is 14.2. The number of rotatable bonds is 2. The minimum absolute atomic E-state index is 0.859. The van der Waals surface area contributed by atoms with Crippen molar-refractivity contribution in [3.63, 3.8) is 0 Å². The van der Waals surface area contributed by atoms with E-state index in [0.29, 0.717) is 0 Å². The number of hydrogen-bond acceptors (Lipinski definition) is 4. The molecule has 0 aliphatic heterocycles. The fourth-order valence-corrected chi connectivity index (χ4v) is 4.32. The van der Waals surface area contributed by atoms with Crippen LogP contribution in [-0.4, -0.2) is 44.2 Å². The number of aromatic nitrogens is 4. The molecule has 44 heavy (non-hydrogen) atoms. The molecule has 0 atom stereocenters. The second-order valence-electron chi connectivity index (χ2n) is 13.0. The van der Waals surface area contributed by atoms with Crippen molar-refractivity contribution in [2.45, 2.75) is 58.9 Å². The molecule has 9 heteroatoms. The maximum Gasteiger partial charge on any atom is 0.129 e. The molecule has 4 rings (SSSR count). The summed E-state index contributed by atoms with van der Waals surface area (Å²) in [6, 6.07) is 15.7. The monoisotopic (exact) mass is 758 g/mol. The van der Waals surface area contributed by atoms with Crippen LogP contribution in [0.5, 0.6) is 0 Å². The van der Waals surface area contributed by atoms with Gasteiger partial charge in [0.1, 0.15) is 24.2 Å². The van der Waals surface area contributed by atoms with Crippen LogP contribution in [0.3, 0.4) is 0 Å². The van der Waals surface area contributed by atoms with Crippen LogP contribution < -0.4 is 0 Å². The van der Waals surface area contributed by atoms with Crippen molar-refractivity contribution in [1.82, 2.24) is 19.9 Å². The average Bonchev–Trinajstić information content (AvgIpc) is 2.96. The van der Waals surface area contributed by atoms with E-state index in [1.54, 1.807) is 12.4 Å². The van der Waals surface area contributed by atoms with Gasteiger partial charge in [-0.2, -0.15) is 0 Å². The molecule has 0 saturated carbocycles. The Labute approximate surface area is 284 Å². The molecule has 226 valence electrons. The number of nitrogens with zero attached hydrogens (tertiary/aromatic N) is 4. The Morgan fingerprint density at radius 2 is 0.773 bits per heavy atom. The Bertz CT molecular complexity index is 1540. The molecule has 0 unspecified atom stereocenters. The largest absolute Gasteiger partial charge is 0.253 e. The summed E-state index contributed by atoms with van der Waals surface area (Å²) in [5, 5.41) is 0. The normalized spacial score (nSPS) is 10.7. The molecule has 4 aromatic rings. The highest BCUT2D eigenvalue weighted by molar-refractivity contribution is 9.10. The van der Waals surface area contributed by atoms with Crippen LogP contribution in [0.15, 0.2) is 82.3 Å². The van der Waals surface area contributed by atoms with Gasteiger partial charge < -0.3 is 0 Å². The predicted octanol–water partition coefficient (Wildman–Crippen LogP) is 9.77. The molecule has 4 aromatic heterocycles. The van der Waals surface area contributed by atoms with Crippen LogP contribution in [0.25, 0.3) is 22.8 Å². The van der Waals surface area contributed by atoms with Crippen LogP contribution in [0.1, 0.15) is 11.1 Å². The standard InChI is InChI=1S/C20H24N2Si2.C10H6Br2N2.C5H10Si/c1-23(2,3)13-11-17-7-9-19(21-15-17)20-10-8-18(16-22-20)12-14-24(4,5)6;11-7-1-3-9(13-5-7)10-4-2-8(12)6-14-10;1-5-6(2,3)4/h7-10,15-16H,1-6H3;1-6H;1H,2-4H3. The van der Waals surface area contributed by atoms with Crippen LogP contribution in [0.4, 0.5) is 0 Å². The van der Waals surface area contributed by atoms with Gasteiger partial charge in [-0.05, 0) is 80.4 Å². The molecule has 4 nitrogen and oxygen atoms in total. The Morgan fingerprint density at radius 3 is 0.977 bits per heavy atom. The van der Waals surface area contributed by atoms with Crippen molar-refractivity contribution in [3.8, 4) is 57.7 Å². The molecule has 0 bridgehead atoms. The third kappa shape index (κ3) is 15.6. The van der Waals surface area contributed by atoms with Gasteiger partial charge in [-0.15, -0.1) is 23.1 Å². The zero-order chi connectivity index (χ0) is 33.0. The molecule has 0 aliphatic carbocycles. The first-order valence-electron chi connectivity index (χ1n) is 14.1. The molecule has 4 heterocycles. The zero-order valence-electron chi connectivity index (χ0n) is 27.1. The van der Waals surface area contributed by atoms with E-state index in [4.69, 9.17) is 6.42 Å². The van der Waals surface area contributed by atoms with Gasteiger partial charge in [0.25, 0.3) is 0 Å². The van der Waals surface area contributed by atoms with Crippen LogP contribution in [0, 0.1) is 34.9 Å². The first-order valence-corrected chi connectivity index (χ1v) is 26.2. The van der Waals surface area contributed by atoms with E-state index in [1.807, 2.05) is 60.9 Å². The zero-order valence-corrected chi connectivity index (χ0v) is 33.2. The molecular weight excluding hydrogens is 720 g/mol. The Hall–Kier alpha value is -3.11. The summed E-state index contributed by atoms with van der Waals surface area (Å²) in [5.74, 6) is 6.44. The van der Waals surface area contributed by atoms with Crippen molar-refractivity contribution in [1.29, 1.82) is 0 Å². The lowest BCUT2D eigenvalue weighted by molar-refractivity contribution is 1.23. The van der Waals surface area contributed by atoms with Gasteiger partial charge in [-0.1, -0.05) is 70.8 Å². The molecule has 0 fully saturated rings. The molecule has 0 aromatic carbocycles. The number of pyridine rings is 4. The van der Waals surface area contributed by atoms with Gasteiger partial charge >= 0.3 is 0 Å². The molecule has 0 aliphatic rings. The minimum Gasteiger partial charge on any atom is -0.253 e. The first kappa shape index (κ1) is 37.1. The van der Waals surface area contributed by atoms with E-state index < -0.39 is 24.2 Å². The smallest absolute Gasteiger partial charge is 0.129 e. The summed E-state index contributed by atoms with van der Waals surface area (Å²) in [6.45, 7) is 19.8. The van der Waals surface area contributed by atoms with Gasteiger partial charge in [0, 0.05) is 44.9 Å². The first-order chi connectivity index (χ1) is 20.4. The summed E-state index contributed by atoms with van der Waals surface area (Å²) >= 11 is 6.68. The molecule has 0 amide bonds. The molecule has 0 spiro atoms. The highest BCUT2D eigenvalue weighted by atomic mass is 79.9. The third-order valence-corrected chi connectivity index (χ3v) is 8.66. The average molecular weight is 761 g/mol. The van der Waals surface area contributed by atoms with E-state index >= 15 is 0 Å². The van der Waals surface area contributed by atoms with E-state index in [9.17, 15) is 0 Å². The lowest BCUT2D eigenvalue weighted by Crippen LogP contribution is -2.16. The van der Waals surface area contributed by atoms with E-state index in [2.05, 4.69) is 139 Å². The van der Waals surface area contributed by atoms with Crippen molar-refractivity contribution in [2.75, 3.05) is 0 Å². The highest BCUT2D eigenvalue weighted by Crippen LogP contribution is 2.18. The Balaban J connectivity index is 0.000000282. The predicted molar refractivity (Wildman–Crippen MR) is 203 cm³/mol. The lowest BCUT2D eigenvalue weighted by atomic mass is 10.2. The van der Waals surface area contributed by atoms with Crippen molar-refractivity contribution in [3.05, 3.63) is 93.4 Å². The SMILES string of the molecule is Brc1ccc(-c2ccc(Br)cn2)nc1.C#C[Si](C)(C)C.C[Si](C)(C)C#Cc1ccc(-c2ccc(C#C[Si](C)(C)C)cn2)nc1. The summed E-state index contributed by atoms with van der Waals surface area (Å²) in [6.07, 6.45) is 12.3. The van der Waals surface area contributed by atoms with E-state index in [-0.39, 0.29) is 0 Å². The summed E-state index contributed by atoms with van der Waals surface area (Å²) in [7, 11) is -3.82. The second kappa shape index (κ2) is 16.8. The molecule has 0 radical (unpaired) electrons. The second-order valence-corrected chi connectivity index (χ2v) is 29.1. The van der Waals surface area contributed by atoms with Gasteiger partial charge in [-0.3, -0.25) is 19.9 Å².